The SMILES string of the molecule is CC(C)(C)OC(=O)ON(Cc1cncc(C#N)c1)C(=O)OC(C)(C)C. The summed E-state index contributed by atoms with van der Waals surface area (Å²) in [5.74, 6) is 0. The van der Waals surface area contributed by atoms with Crippen molar-refractivity contribution in [2.24, 2.45) is 0 Å². The second kappa shape index (κ2) is 7.83. The van der Waals surface area contributed by atoms with Crippen LogP contribution in [-0.2, 0) is 20.9 Å². The fraction of sp³-hybridized carbons (Fsp3) is 0.529. The first kappa shape index (κ1) is 20.2. The highest BCUT2D eigenvalue weighted by Gasteiger charge is 2.28. The van der Waals surface area contributed by atoms with Crippen molar-refractivity contribution in [3.8, 4) is 6.07 Å². The van der Waals surface area contributed by atoms with Crippen molar-refractivity contribution in [2.75, 3.05) is 0 Å². The molecule has 0 saturated heterocycles. The first-order valence-corrected chi connectivity index (χ1v) is 7.65. The summed E-state index contributed by atoms with van der Waals surface area (Å²) in [5.41, 5.74) is -0.745. The molecule has 0 unspecified atom stereocenters. The van der Waals surface area contributed by atoms with Gasteiger partial charge in [0, 0.05) is 12.4 Å². The number of nitrogens with zero attached hydrogens (tertiary/aromatic N) is 3. The van der Waals surface area contributed by atoms with E-state index in [-0.39, 0.29) is 6.54 Å². The van der Waals surface area contributed by atoms with E-state index in [1.54, 1.807) is 41.5 Å². The van der Waals surface area contributed by atoms with Crippen molar-refractivity contribution in [1.82, 2.24) is 10.0 Å². The van der Waals surface area contributed by atoms with Crippen LogP contribution in [0.4, 0.5) is 9.59 Å². The van der Waals surface area contributed by atoms with Gasteiger partial charge in [-0.2, -0.15) is 5.26 Å². The number of ether oxygens (including phenoxy) is 2. The highest BCUT2D eigenvalue weighted by molar-refractivity contribution is 5.70. The van der Waals surface area contributed by atoms with E-state index in [0.29, 0.717) is 11.1 Å². The molecule has 0 bridgehead atoms. The summed E-state index contributed by atoms with van der Waals surface area (Å²) in [6, 6.07) is 3.48. The highest BCUT2D eigenvalue weighted by Crippen LogP contribution is 2.15. The largest absolute Gasteiger partial charge is 0.534 e. The van der Waals surface area contributed by atoms with Crippen molar-refractivity contribution >= 4 is 12.2 Å². The maximum Gasteiger partial charge on any atom is 0.534 e. The molecule has 0 radical (unpaired) electrons. The minimum absolute atomic E-state index is 0.142. The van der Waals surface area contributed by atoms with Crippen molar-refractivity contribution in [3.05, 3.63) is 29.6 Å². The minimum atomic E-state index is -1.04. The van der Waals surface area contributed by atoms with E-state index < -0.39 is 23.5 Å². The predicted molar refractivity (Wildman–Crippen MR) is 88.0 cm³/mol. The molecule has 25 heavy (non-hydrogen) atoms. The van der Waals surface area contributed by atoms with Crippen molar-refractivity contribution < 1.29 is 23.9 Å². The Morgan fingerprint density at radius 1 is 1.12 bits per heavy atom. The third kappa shape index (κ3) is 8.01. The molecule has 0 atom stereocenters. The quantitative estimate of drug-likeness (QED) is 0.594. The summed E-state index contributed by atoms with van der Waals surface area (Å²) in [7, 11) is 0. The fourth-order valence-corrected chi connectivity index (χ4v) is 1.61. The summed E-state index contributed by atoms with van der Waals surface area (Å²) in [6.07, 6.45) is 0.940. The van der Waals surface area contributed by atoms with Crippen molar-refractivity contribution in [1.29, 1.82) is 5.26 Å². The topological polar surface area (TPSA) is 102 Å². The summed E-state index contributed by atoms with van der Waals surface area (Å²) in [6.45, 7) is 9.94. The molecular formula is C17H23N3O5. The van der Waals surface area contributed by atoms with Crippen LogP contribution in [0.5, 0.6) is 0 Å². The smallest absolute Gasteiger partial charge is 0.442 e. The number of pyridine rings is 1. The molecule has 0 N–H and O–H groups in total. The molecule has 0 aromatic carbocycles. The Labute approximate surface area is 147 Å². The number of hydrogen-bond acceptors (Lipinski definition) is 7. The Morgan fingerprint density at radius 2 is 1.72 bits per heavy atom. The summed E-state index contributed by atoms with van der Waals surface area (Å²) >= 11 is 0. The third-order valence-electron chi connectivity index (χ3n) is 2.42. The molecule has 0 aliphatic heterocycles. The molecule has 0 fully saturated rings. The average molecular weight is 349 g/mol. The number of amides is 1. The van der Waals surface area contributed by atoms with E-state index in [1.165, 1.54) is 18.5 Å². The van der Waals surface area contributed by atoms with Gasteiger partial charge in [0.05, 0.1) is 12.1 Å². The first-order valence-electron chi connectivity index (χ1n) is 7.65. The zero-order chi connectivity index (χ0) is 19.3. The molecular weight excluding hydrogens is 326 g/mol. The predicted octanol–water partition coefficient (Wildman–Crippen LogP) is 3.56. The standard InChI is InChI=1S/C17H23N3O5/c1-16(2,3)23-14(21)20(25-15(22)24-17(4,5)6)11-13-7-12(8-18)9-19-10-13/h7,9-10H,11H2,1-6H3. The van der Waals surface area contributed by atoms with E-state index in [0.717, 1.165) is 5.06 Å². The second-order valence-electron chi connectivity index (χ2n) is 7.27. The lowest BCUT2D eigenvalue weighted by Gasteiger charge is -2.27. The van der Waals surface area contributed by atoms with Gasteiger partial charge in [-0.25, -0.2) is 9.59 Å². The van der Waals surface area contributed by atoms with Crippen LogP contribution in [0.25, 0.3) is 0 Å². The van der Waals surface area contributed by atoms with Gasteiger partial charge in [0.2, 0.25) is 0 Å². The van der Waals surface area contributed by atoms with Gasteiger partial charge < -0.3 is 9.47 Å². The number of hydrogen-bond donors (Lipinski definition) is 0. The van der Waals surface area contributed by atoms with Crippen molar-refractivity contribution in [2.45, 2.75) is 59.3 Å². The molecule has 1 aromatic heterocycles. The normalized spacial score (nSPS) is 11.2. The van der Waals surface area contributed by atoms with Gasteiger partial charge in [-0.1, -0.05) is 0 Å². The Balaban J connectivity index is 2.96. The monoisotopic (exact) mass is 349 g/mol. The van der Waals surface area contributed by atoms with E-state index in [4.69, 9.17) is 19.6 Å². The van der Waals surface area contributed by atoms with Gasteiger partial charge >= 0.3 is 12.2 Å². The molecule has 8 heteroatoms. The Kier molecular flexibility index (Phi) is 6.34. The fourth-order valence-electron chi connectivity index (χ4n) is 1.61. The van der Waals surface area contributed by atoms with Crippen LogP contribution < -0.4 is 0 Å². The number of carbonyl (C=O) groups is 2. The van der Waals surface area contributed by atoms with E-state index in [9.17, 15) is 9.59 Å². The number of carbonyl (C=O) groups excluding carboxylic acids is 2. The first-order chi connectivity index (χ1) is 11.4. The zero-order valence-electron chi connectivity index (χ0n) is 15.3. The summed E-state index contributed by atoms with van der Waals surface area (Å²) in [4.78, 5) is 33.1. The maximum atomic E-state index is 12.3. The van der Waals surface area contributed by atoms with Gasteiger partial charge in [-0.05, 0) is 53.2 Å². The van der Waals surface area contributed by atoms with Gasteiger partial charge in [-0.3, -0.25) is 9.82 Å². The van der Waals surface area contributed by atoms with E-state index in [2.05, 4.69) is 4.98 Å². The van der Waals surface area contributed by atoms with Gasteiger partial charge in [0.1, 0.15) is 17.3 Å². The Bertz CT molecular complexity index is 668. The van der Waals surface area contributed by atoms with Crippen LogP contribution in [0.1, 0.15) is 52.7 Å². The van der Waals surface area contributed by atoms with Gasteiger partial charge in [0.25, 0.3) is 0 Å². The lowest BCUT2D eigenvalue weighted by Crippen LogP contribution is -2.39. The average Bonchev–Trinajstić information content (AvgIpc) is 2.43. The van der Waals surface area contributed by atoms with E-state index in [1.807, 2.05) is 6.07 Å². The van der Waals surface area contributed by atoms with E-state index >= 15 is 0 Å². The van der Waals surface area contributed by atoms with Crippen molar-refractivity contribution in [3.63, 3.8) is 0 Å². The number of aromatic nitrogens is 1. The molecule has 0 aliphatic carbocycles. The molecule has 0 aliphatic rings. The molecule has 1 rings (SSSR count). The molecule has 0 spiro atoms. The zero-order valence-corrected chi connectivity index (χ0v) is 15.3. The molecule has 8 nitrogen and oxygen atoms in total. The van der Waals surface area contributed by atoms with Crippen LogP contribution in [-0.4, -0.2) is 33.5 Å². The highest BCUT2D eigenvalue weighted by atomic mass is 16.8. The number of rotatable bonds is 2. The summed E-state index contributed by atoms with van der Waals surface area (Å²) < 4.78 is 10.3. The number of hydroxylamine groups is 2. The van der Waals surface area contributed by atoms with Gasteiger partial charge in [-0.15, -0.1) is 5.06 Å². The minimum Gasteiger partial charge on any atom is -0.442 e. The van der Waals surface area contributed by atoms with Crippen LogP contribution in [0.2, 0.25) is 0 Å². The van der Waals surface area contributed by atoms with Crippen LogP contribution in [0.15, 0.2) is 18.5 Å². The van der Waals surface area contributed by atoms with Gasteiger partial charge in [0.15, 0.2) is 0 Å². The molecule has 136 valence electrons. The number of nitriles is 1. The maximum absolute atomic E-state index is 12.3. The molecule has 1 heterocycles. The molecule has 0 saturated carbocycles. The lowest BCUT2D eigenvalue weighted by molar-refractivity contribution is -0.140. The van der Waals surface area contributed by atoms with Crippen LogP contribution in [0.3, 0.4) is 0 Å². The third-order valence-corrected chi connectivity index (χ3v) is 2.42. The second-order valence-corrected chi connectivity index (χ2v) is 7.27. The Morgan fingerprint density at radius 3 is 2.24 bits per heavy atom. The van der Waals surface area contributed by atoms with Crippen LogP contribution >= 0.6 is 0 Å². The molecule has 1 aromatic rings. The lowest BCUT2D eigenvalue weighted by atomic mass is 10.2. The molecule has 1 amide bonds. The van der Waals surface area contributed by atoms with Crippen LogP contribution in [0, 0.1) is 11.3 Å². The summed E-state index contributed by atoms with van der Waals surface area (Å²) in [5, 5.41) is 9.66. The Hall–Kier alpha value is -2.82.